The van der Waals surface area contributed by atoms with Crippen LogP contribution in [0.3, 0.4) is 0 Å². The van der Waals surface area contributed by atoms with Crippen LogP contribution >= 0.6 is 0 Å². The molecule has 0 aromatic heterocycles. The van der Waals surface area contributed by atoms with Crippen molar-refractivity contribution in [2.24, 2.45) is 5.92 Å². The second kappa shape index (κ2) is 7.62. The van der Waals surface area contributed by atoms with Gasteiger partial charge in [-0.15, -0.1) is 0 Å². The Morgan fingerprint density at radius 3 is 2.39 bits per heavy atom. The second-order valence-corrected chi connectivity index (χ2v) is 6.57. The van der Waals surface area contributed by atoms with Crippen LogP contribution in [0.15, 0.2) is 60.7 Å². The average molecular weight is 310 g/mol. The minimum Gasteiger partial charge on any atom is -0.387 e. The number of benzene rings is 2. The number of rotatable bonds is 5. The second-order valence-electron chi connectivity index (χ2n) is 6.57. The minimum absolute atomic E-state index is 0.401. The van der Waals surface area contributed by atoms with Crippen LogP contribution in [0.4, 0.5) is 5.69 Å². The zero-order chi connectivity index (χ0) is 16.1. The number of para-hydroxylation sites is 1. The van der Waals surface area contributed by atoms with Crippen LogP contribution in [0, 0.1) is 5.92 Å². The fourth-order valence-corrected chi connectivity index (χ4v) is 3.39. The molecule has 1 aliphatic heterocycles. The van der Waals surface area contributed by atoms with Crippen molar-refractivity contribution in [1.29, 1.82) is 0 Å². The highest BCUT2D eigenvalue weighted by Crippen LogP contribution is 2.23. The lowest BCUT2D eigenvalue weighted by Gasteiger charge is -2.38. The van der Waals surface area contributed by atoms with Crippen molar-refractivity contribution in [1.82, 2.24) is 4.90 Å². The van der Waals surface area contributed by atoms with E-state index in [4.69, 9.17) is 0 Å². The topological polar surface area (TPSA) is 35.5 Å². The van der Waals surface area contributed by atoms with Gasteiger partial charge in [-0.05, 0) is 30.0 Å². The summed E-state index contributed by atoms with van der Waals surface area (Å²) in [6, 6.07) is 20.9. The Morgan fingerprint density at radius 1 is 1.09 bits per heavy atom. The molecule has 1 fully saturated rings. The van der Waals surface area contributed by atoms with Gasteiger partial charge in [-0.1, -0.05) is 55.5 Å². The zero-order valence-corrected chi connectivity index (χ0v) is 13.7. The summed E-state index contributed by atoms with van der Waals surface area (Å²) in [7, 11) is 0. The number of nitrogens with one attached hydrogen (secondary N) is 1. The molecule has 0 aliphatic carbocycles. The molecule has 3 nitrogen and oxygen atoms in total. The third-order valence-electron chi connectivity index (χ3n) is 4.73. The van der Waals surface area contributed by atoms with Gasteiger partial charge in [0.1, 0.15) is 0 Å². The normalized spacial score (nSPS) is 23.4. The van der Waals surface area contributed by atoms with Crippen molar-refractivity contribution in [3.63, 3.8) is 0 Å². The van der Waals surface area contributed by atoms with Gasteiger partial charge >= 0.3 is 0 Å². The summed E-state index contributed by atoms with van der Waals surface area (Å²) in [4.78, 5) is 2.38. The highest BCUT2D eigenvalue weighted by molar-refractivity contribution is 5.43. The number of aliphatic hydroxyl groups is 1. The average Bonchev–Trinajstić information content (AvgIpc) is 2.59. The van der Waals surface area contributed by atoms with Crippen molar-refractivity contribution in [3.8, 4) is 0 Å². The molecule has 0 radical (unpaired) electrons. The largest absolute Gasteiger partial charge is 0.387 e. The molecule has 0 saturated carbocycles. The summed E-state index contributed by atoms with van der Waals surface area (Å²) in [5, 5.41) is 14.0. The number of piperidine rings is 1. The summed E-state index contributed by atoms with van der Waals surface area (Å²) in [6.45, 7) is 5.06. The number of nitrogens with zero attached hydrogens (tertiary/aromatic N) is 1. The van der Waals surface area contributed by atoms with E-state index in [0.717, 1.165) is 25.1 Å². The maximum atomic E-state index is 10.4. The third kappa shape index (κ3) is 4.34. The Kier molecular flexibility index (Phi) is 5.31. The number of likely N-dealkylation sites (tertiary alicyclic amines) is 1. The van der Waals surface area contributed by atoms with E-state index in [1.165, 1.54) is 5.69 Å². The van der Waals surface area contributed by atoms with Crippen molar-refractivity contribution >= 4 is 5.69 Å². The number of hydrogen-bond acceptors (Lipinski definition) is 3. The smallest absolute Gasteiger partial charge is 0.0916 e. The fraction of sp³-hybridized carbons (Fsp3) is 0.400. The molecule has 2 N–H and O–H groups in total. The van der Waals surface area contributed by atoms with Crippen LogP contribution in [0.1, 0.15) is 25.0 Å². The molecule has 2 aromatic carbocycles. The van der Waals surface area contributed by atoms with E-state index in [1.54, 1.807) is 0 Å². The van der Waals surface area contributed by atoms with E-state index in [-0.39, 0.29) is 0 Å². The van der Waals surface area contributed by atoms with E-state index in [0.29, 0.717) is 18.5 Å². The van der Waals surface area contributed by atoms with E-state index in [2.05, 4.69) is 41.4 Å². The zero-order valence-electron chi connectivity index (χ0n) is 13.7. The molecule has 0 unspecified atom stereocenters. The third-order valence-corrected chi connectivity index (χ3v) is 4.73. The van der Waals surface area contributed by atoms with Gasteiger partial charge in [0.05, 0.1) is 6.10 Å². The Hall–Kier alpha value is -1.84. The SMILES string of the molecule is C[C@H]1CN(C[C@@H](O)c2ccccc2)CC[C@@H]1Nc1ccccc1. The van der Waals surface area contributed by atoms with Crippen LogP contribution in [0.5, 0.6) is 0 Å². The van der Waals surface area contributed by atoms with E-state index in [9.17, 15) is 5.11 Å². The van der Waals surface area contributed by atoms with Gasteiger partial charge in [0.15, 0.2) is 0 Å². The van der Waals surface area contributed by atoms with Gasteiger partial charge in [-0.25, -0.2) is 0 Å². The van der Waals surface area contributed by atoms with Crippen LogP contribution in [-0.4, -0.2) is 35.7 Å². The molecule has 1 saturated heterocycles. The molecule has 3 heteroatoms. The van der Waals surface area contributed by atoms with Crippen molar-refractivity contribution < 1.29 is 5.11 Å². The lowest BCUT2D eigenvalue weighted by Crippen LogP contribution is -2.46. The summed E-state index contributed by atoms with van der Waals surface area (Å²) < 4.78 is 0. The van der Waals surface area contributed by atoms with Gasteiger partial charge in [0.25, 0.3) is 0 Å². The molecule has 122 valence electrons. The van der Waals surface area contributed by atoms with Crippen molar-refractivity contribution in [2.75, 3.05) is 25.0 Å². The van der Waals surface area contributed by atoms with Crippen LogP contribution in [-0.2, 0) is 0 Å². The lowest BCUT2D eigenvalue weighted by molar-refractivity contribution is 0.0837. The molecule has 3 rings (SSSR count). The highest BCUT2D eigenvalue weighted by atomic mass is 16.3. The van der Waals surface area contributed by atoms with E-state index in [1.807, 2.05) is 36.4 Å². The van der Waals surface area contributed by atoms with Gasteiger partial charge in [-0.3, -0.25) is 4.90 Å². The Morgan fingerprint density at radius 2 is 1.74 bits per heavy atom. The van der Waals surface area contributed by atoms with Gasteiger partial charge < -0.3 is 10.4 Å². The molecule has 2 aromatic rings. The quantitative estimate of drug-likeness (QED) is 0.886. The summed E-state index contributed by atoms with van der Waals surface area (Å²) in [5.41, 5.74) is 2.20. The molecule has 3 atom stereocenters. The Balaban J connectivity index is 1.52. The van der Waals surface area contributed by atoms with Gasteiger partial charge in [-0.2, -0.15) is 0 Å². The van der Waals surface area contributed by atoms with Crippen molar-refractivity contribution in [3.05, 3.63) is 66.2 Å². The fourth-order valence-electron chi connectivity index (χ4n) is 3.39. The van der Waals surface area contributed by atoms with Crippen LogP contribution < -0.4 is 5.32 Å². The van der Waals surface area contributed by atoms with Crippen molar-refractivity contribution in [2.45, 2.75) is 25.5 Å². The predicted molar refractivity (Wildman–Crippen MR) is 95.5 cm³/mol. The summed E-state index contributed by atoms with van der Waals surface area (Å²) in [5.74, 6) is 0.562. The number of anilines is 1. The summed E-state index contributed by atoms with van der Waals surface area (Å²) in [6.07, 6.45) is 0.708. The minimum atomic E-state index is -0.401. The first-order chi connectivity index (χ1) is 11.2. The molecular weight excluding hydrogens is 284 g/mol. The Bertz CT molecular complexity index is 587. The first kappa shape index (κ1) is 16.0. The van der Waals surface area contributed by atoms with Gasteiger partial charge in [0, 0.05) is 31.4 Å². The monoisotopic (exact) mass is 310 g/mol. The Labute approximate surface area is 139 Å². The van der Waals surface area contributed by atoms with E-state index >= 15 is 0 Å². The molecule has 0 amide bonds. The first-order valence-corrected chi connectivity index (χ1v) is 8.49. The van der Waals surface area contributed by atoms with E-state index < -0.39 is 6.10 Å². The predicted octanol–water partition coefficient (Wildman–Crippen LogP) is 3.54. The molecule has 23 heavy (non-hydrogen) atoms. The lowest BCUT2D eigenvalue weighted by atomic mass is 9.93. The number of hydrogen-bond donors (Lipinski definition) is 2. The molecule has 0 spiro atoms. The molecule has 0 bridgehead atoms. The first-order valence-electron chi connectivity index (χ1n) is 8.49. The van der Waals surface area contributed by atoms with Crippen LogP contribution in [0.25, 0.3) is 0 Å². The maximum absolute atomic E-state index is 10.4. The molecule has 1 aliphatic rings. The van der Waals surface area contributed by atoms with Crippen LogP contribution in [0.2, 0.25) is 0 Å². The number of aliphatic hydroxyl groups excluding tert-OH is 1. The summed E-state index contributed by atoms with van der Waals surface area (Å²) >= 11 is 0. The molecular formula is C20H26N2O. The maximum Gasteiger partial charge on any atom is 0.0916 e. The van der Waals surface area contributed by atoms with Gasteiger partial charge in [0.2, 0.25) is 0 Å². The standard InChI is InChI=1S/C20H26N2O/c1-16-14-22(15-20(23)17-8-4-2-5-9-17)13-12-19(16)21-18-10-6-3-7-11-18/h2-11,16,19-21,23H,12-15H2,1H3/t16-,19-,20+/m0/s1. The molecule has 1 heterocycles. The number of β-amino-alcohol motifs (C(OH)–C–C–N with tert-alkyl or cyclic N) is 1. The highest BCUT2D eigenvalue weighted by Gasteiger charge is 2.27.